The molecule has 0 atom stereocenters. The zero-order chi connectivity index (χ0) is 14.9. The molecule has 0 aliphatic carbocycles. The highest BCUT2D eigenvalue weighted by Gasteiger charge is 2.21. The molecule has 1 aromatic carbocycles. The van der Waals surface area contributed by atoms with Gasteiger partial charge >= 0.3 is 0 Å². The van der Waals surface area contributed by atoms with Crippen LogP contribution in [0.15, 0.2) is 34.7 Å². The zero-order valence-electron chi connectivity index (χ0n) is 10.7. The Labute approximate surface area is 131 Å². The molecular formula is C12H12ClN3O3S2. The van der Waals surface area contributed by atoms with E-state index in [0.717, 1.165) is 13.1 Å². The van der Waals surface area contributed by atoms with Crippen molar-refractivity contribution in [2.45, 2.75) is 11.0 Å². The van der Waals surface area contributed by atoms with E-state index < -0.39 is 10.0 Å². The second-order valence-electron chi connectivity index (χ2n) is 4.43. The highest BCUT2D eigenvalue weighted by atomic mass is 35.5. The number of anilines is 1. The number of nitrogens with zero attached hydrogens (tertiary/aromatic N) is 1. The first-order valence-corrected chi connectivity index (χ1v) is 8.88. The van der Waals surface area contributed by atoms with Gasteiger partial charge in [-0.05, 0) is 18.2 Å². The van der Waals surface area contributed by atoms with E-state index in [1.807, 2.05) is 0 Å². The lowest BCUT2D eigenvalue weighted by molar-refractivity contribution is 0.142. The van der Waals surface area contributed by atoms with Gasteiger partial charge in [0.25, 0.3) is 10.0 Å². The molecule has 21 heavy (non-hydrogen) atoms. The third-order valence-corrected chi connectivity index (χ3v) is 5.36. The molecule has 1 fully saturated rings. The Bertz CT molecular complexity index is 730. The molecule has 1 aliphatic heterocycles. The summed E-state index contributed by atoms with van der Waals surface area (Å²) in [7, 11) is -3.70. The maximum Gasteiger partial charge on any atom is 0.263 e. The van der Waals surface area contributed by atoms with Crippen LogP contribution in [0.1, 0.15) is 0 Å². The fraction of sp³-hybridized carbons (Fsp3) is 0.250. The standard InChI is InChI=1S/C12H12ClN3O3S2/c13-10-5-9(1-2-11(10)19-8-6-14-7-8)21(17,18)16-12-15-3-4-20-12/h1-5,8,14H,6-7H2,(H,15,16). The maximum absolute atomic E-state index is 12.2. The molecule has 1 aromatic heterocycles. The smallest absolute Gasteiger partial charge is 0.263 e. The van der Waals surface area contributed by atoms with Crippen molar-refractivity contribution in [2.24, 2.45) is 0 Å². The molecule has 3 rings (SSSR count). The first-order chi connectivity index (χ1) is 10.0. The SMILES string of the molecule is O=S(=O)(Nc1nccs1)c1ccc(OC2CNC2)c(Cl)c1. The van der Waals surface area contributed by atoms with Crippen molar-refractivity contribution in [2.75, 3.05) is 17.8 Å². The van der Waals surface area contributed by atoms with Crippen LogP contribution in [-0.4, -0.2) is 32.6 Å². The largest absolute Gasteiger partial charge is 0.486 e. The summed E-state index contributed by atoms with van der Waals surface area (Å²) in [6.45, 7) is 1.53. The van der Waals surface area contributed by atoms with Crippen molar-refractivity contribution in [3.05, 3.63) is 34.8 Å². The van der Waals surface area contributed by atoms with E-state index in [0.29, 0.717) is 10.9 Å². The molecule has 2 N–H and O–H groups in total. The van der Waals surface area contributed by atoms with E-state index >= 15 is 0 Å². The number of rotatable bonds is 5. The van der Waals surface area contributed by atoms with Crippen LogP contribution >= 0.6 is 22.9 Å². The third kappa shape index (κ3) is 3.29. The quantitative estimate of drug-likeness (QED) is 0.865. The summed E-state index contributed by atoms with van der Waals surface area (Å²) in [5.74, 6) is 0.483. The number of nitrogens with one attached hydrogen (secondary N) is 2. The van der Waals surface area contributed by atoms with Crippen molar-refractivity contribution in [3.63, 3.8) is 0 Å². The first-order valence-electron chi connectivity index (χ1n) is 6.14. The predicted molar refractivity (Wildman–Crippen MR) is 81.7 cm³/mol. The van der Waals surface area contributed by atoms with Gasteiger partial charge in [-0.15, -0.1) is 11.3 Å². The lowest BCUT2D eigenvalue weighted by Crippen LogP contribution is -2.50. The van der Waals surface area contributed by atoms with Gasteiger partial charge in [-0.1, -0.05) is 11.6 Å². The van der Waals surface area contributed by atoms with E-state index in [9.17, 15) is 8.42 Å². The highest BCUT2D eigenvalue weighted by molar-refractivity contribution is 7.93. The van der Waals surface area contributed by atoms with Crippen LogP contribution in [0.3, 0.4) is 0 Å². The Morgan fingerprint density at radius 2 is 2.24 bits per heavy atom. The molecule has 0 saturated carbocycles. The van der Waals surface area contributed by atoms with Crippen LogP contribution < -0.4 is 14.8 Å². The predicted octanol–water partition coefficient (Wildman–Crippen LogP) is 1.95. The van der Waals surface area contributed by atoms with Gasteiger partial charge in [0.15, 0.2) is 5.13 Å². The topological polar surface area (TPSA) is 80.3 Å². The molecule has 0 spiro atoms. The van der Waals surface area contributed by atoms with Gasteiger partial charge in [-0.3, -0.25) is 4.72 Å². The second-order valence-corrected chi connectivity index (χ2v) is 7.42. The molecule has 2 aromatic rings. The molecule has 0 unspecified atom stereocenters. The van der Waals surface area contributed by atoms with E-state index in [2.05, 4.69) is 15.0 Å². The fourth-order valence-corrected chi connectivity index (χ4v) is 3.82. The average molecular weight is 346 g/mol. The minimum Gasteiger partial charge on any atom is -0.486 e. The summed E-state index contributed by atoms with van der Waals surface area (Å²) >= 11 is 7.30. The number of thiazole rings is 1. The molecule has 0 bridgehead atoms. The number of hydrogen-bond donors (Lipinski definition) is 2. The van der Waals surface area contributed by atoms with Crippen LogP contribution in [-0.2, 0) is 10.0 Å². The van der Waals surface area contributed by atoms with Gasteiger partial charge < -0.3 is 10.1 Å². The molecule has 6 nitrogen and oxygen atoms in total. The van der Waals surface area contributed by atoms with Crippen molar-refractivity contribution >= 4 is 38.1 Å². The second kappa shape index (κ2) is 5.80. The van der Waals surface area contributed by atoms with E-state index in [-0.39, 0.29) is 16.0 Å². The van der Waals surface area contributed by atoms with Crippen LogP contribution in [0, 0.1) is 0 Å². The molecule has 0 radical (unpaired) electrons. The van der Waals surface area contributed by atoms with Gasteiger partial charge in [-0.2, -0.15) is 0 Å². The van der Waals surface area contributed by atoms with Crippen molar-refractivity contribution in [1.29, 1.82) is 0 Å². The number of halogens is 1. The van der Waals surface area contributed by atoms with E-state index in [4.69, 9.17) is 16.3 Å². The summed E-state index contributed by atoms with van der Waals surface area (Å²) in [6.07, 6.45) is 1.61. The van der Waals surface area contributed by atoms with E-state index in [1.54, 1.807) is 11.4 Å². The number of sulfonamides is 1. The van der Waals surface area contributed by atoms with E-state index in [1.165, 1.54) is 29.7 Å². The van der Waals surface area contributed by atoms with Gasteiger partial charge in [0.1, 0.15) is 11.9 Å². The Morgan fingerprint density at radius 3 is 2.81 bits per heavy atom. The van der Waals surface area contributed by atoms with Crippen LogP contribution in [0.4, 0.5) is 5.13 Å². The number of hydrogen-bond acceptors (Lipinski definition) is 6. The Hall–Kier alpha value is -1.35. The normalized spacial score (nSPS) is 15.5. The van der Waals surface area contributed by atoms with Crippen molar-refractivity contribution < 1.29 is 13.2 Å². The zero-order valence-corrected chi connectivity index (χ0v) is 13.1. The Morgan fingerprint density at radius 1 is 1.43 bits per heavy atom. The summed E-state index contributed by atoms with van der Waals surface area (Å²) < 4.78 is 32.4. The lowest BCUT2D eigenvalue weighted by atomic mass is 10.2. The van der Waals surface area contributed by atoms with Crippen molar-refractivity contribution in [1.82, 2.24) is 10.3 Å². The lowest BCUT2D eigenvalue weighted by Gasteiger charge is -2.28. The monoisotopic (exact) mass is 345 g/mol. The summed E-state index contributed by atoms with van der Waals surface area (Å²) in [5, 5.41) is 5.35. The molecule has 112 valence electrons. The molecule has 9 heteroatoms. The fourth-order valence-electron chi connectivity index (χ4n) is 1.72. The molecular weight excluding hydrogens is 334 g/mol. The molecule has 2 heterocycles. The number of ether oxygens (including phenoxy) is 1. The van der Waals surface area contributed by atoms with Crippen LogP contribution in [0.2, 0.25) is 5.02 Å². The summed E-state index contributed by atoms with van der Waals surface area (Å²) in [6, 6.07) is 4.40. The number of aromatic nitrogens is 1. The third-order valence-electron chi connectivity index (χ3n) is 2.91. The minimum atomic E-state index is -3.70. The van der Waals surface area contributed by atoms with Crippen LogP contribution in [0.25, 0.3) is 0 Å². The summed E-state index contributed by atoms with van der Waals surface area (Å²) in [5.41, 5.74) is 0. The van der Waals surface area contributed by atoms with Gasteiger partial charge in [0.05, 0.1) is 9.92 Å². The van der Waals surface area contributed by atoms with Gasteiger partial charge in [-0.25, -0.2) is 13.4 Å². The van der Waals surface area contributed by atoms with Gasteiger partial charge in [0, 0.05) is 24.7 Å². The minimum absolute atomic E-state index is 0.0711. The van der Waals surface area contributed by atoms with Crippen molar-refractivity contribution in [3.8, 4) is 5.75 Å². The Balaban J connectivity index is 1.80. The molecule has 1 saturated heterocycles. The first kappa shape index (κ1) is 14.6. The van der Waals surface area contributed by atoms with Gasteiger partial charge in [0.2, 0.25) is 0 Å². The molecule has 1 aliphatic rings. The molecule has 0 amide bonds. The highest BCUT2D eigenvalue weighted by Crippen LogP contribution is 2.29. The summed E-state index contributed by atoms with van der Waals surface area (Å²) in [4.78, 5) is 3.96. The Kier molecular flexibility index (Phi) is 4.03. The van der Waals surface area contributed by atoms with Crippen LogP contribution in [0.5, 0.6) is 5.75 Å². The average Bonchev–Trinajstić information content (AvgIpc) is 2.87. The maximum atomic E-state index is 12.2. The number of benzene rings is 1.